The summed E-state index contributed by atoms with van der Waals surface area (Å²) in [6.07, 6.45) is 5.67. The summed E-state index contributed by atoms with van der Waals surface area (Å²) in [6.45, 7) is 11.0. The number of hydrazine groups is 1. The van der Waals surface area contributed by atoms with E-state index < -0.39 is 0 Å². The van der Waals surface area contributed by atoms with Crippen molar-refractivity contribution in [2.75, 3.05) is 7.11 Å². The molecule has 0 aromatic heterocycles. The molecule has 2 rings (SSSR count). The average Bonchev–Trinajstić information content (AvgIpc) is 2.58. The Kier molecular flexibility index (Phi) is 4.75. The van der Waals surface area contributed by atoms with Gasteiger partial charge in [0.25, 0.3) is 0 Å². The lowest BCUT2D eigenvalue weighted by Gasteiger charge is -2.48. The third-order valence-corrected chi connectivity index (χ3v) is 5.69. The molecule has 1 aliphatic heterocycles. The molecule has 1 saturated carbocycles. The zero-order chi connectivity index (χ0) is 15.9. The molecule has 4 atom stereocenters. The molecule has 21 heavy (non-hydrogen) atoms. The van der Waals surface area contributed by atoms with E-state index in [1.165, 1.54) is 12.8 Å². The monoisotopic (exact) mass is 298 g/mol. The first kappa shape index (κ1) is 17.2. The van der Waals surface area contributed by atoms with Gasteiger partial charge in [-0.3, -0.25) is 11.3 Å². The fraction of sp³-hybridized carbons (Fsp3) is 1.00. The molecule has 0 amide bonds. The van der Waals surface area contributed by atoms with Crippen molar-refractivity contribution in [1.82, 2.24) is 5.43 Å². The molecule has 2 fully saturated rings. The van der Waals surface area contributed by atoms with Gasteiger partial charge in [-0.15, -0.1) is 0 Å². The molecule has 1 heterocycles. The maximum atomic E-state index is 6.29. The Labute approximate surface area is 130 Å². The van der Waals surface area contributed by atoms with Crippen LogP contribution < -0.4 is 11.3 Å². The summed E-state index contributed by atoms with van der Waals surface area (Å²) in [4.78, 5) is 0. The van der Waals surface area contributed by atoms with E-state index in [1.54, 1.807) is 0 Å². The molecule has 4 nitrogen and oxygen atoms in total. The van der Waals surface area contributed by atoms with Gasteiger partial charge < -0.3 is 9.47 Å². The maximum absolute atomic E-state index is 6.29. The summed E-state index contributed by atoms with van der Waals surface area (Å²) < 4.78 is 12.4. The molecule has 2 aliphatic rings. The second-order valence-corrected chi connectivity index (χ2v) is 8.39. The van der Waals surface area contributed by atoms with E-state index in [2.05, 4.69) is 40.0 Å². The number of hydrogen-bond donors (Lipinski definition) is 2. The molecule has 4 unspecified atom stereocenters. The van der Waals surface area contributed by atoms with Crippen LogP contribution in [0.4, 0.5) is 0 Å². The summed E-state index contributed by atoms with van der Waals surface area (Å²) in [5.41, 5.74) is 2.66. The summed E-state index contributed by atoms with van der Waals surface area (Å²) in [6, 6.07) is 0.127. The second-order valence-electron chi connectivity index (χ2n) is 8.39. The fourth-order valence-corrected chi connectivity index (χ4v) is 4.90. The lowest BCUT2D eigenvalue weighted by atomic mass is 9.67. The van der Waals surface area contributed by atoms with Crippen molar-refractivity contribution in [2.45, 2.75) is 89.6 Å². The van der Waals surface area contributed by atoms with Crippen LogP contribution in [0, 0.1) is 11.8 Å². The highest BCUT2D eigenvalue weighted by molar-refractivity contribution is 5.07. The SMILES string of the molecule is COC1(C(NN)C2CC(C)(C)OC2(C)C)CCCC(C)C1. The highest BCUT2D eigenvalue weighted by atomic mass is 16.5. The molecule has 1 aliphatic carbocycles. The molecule has 0 spiro atoms. The van der Waals surface area contributed by atoms with E-state index >= 15 is 0 Å². The molecule has 1 saturated heterocycles. The van der Waals surface area contributed by atoms with Crippen molar-refractivity contribution in [3.8, 4) is 0 Å². The topological polar surface area (TPSA) is 56.5 Å². The van der Waals surface area contributed by atoms with Crippen LogP contribution in [0.2, 0.25) is 0 Å². The number of methoxy groups -OCH3 is 1. The zero-order valence-electron chi connectivity index (χ0n) is 14.7. The number of nitrogens with one attached hydrogen (secondary N) is 1. The van der Waals surface area contributed by atoms with Gasteiger partial charge >= 0.3 is 0 Å². The van der Waals surface area contributed by atoms with Crippen LogP contribution in [-0.2, 0) is 9.47 Å². The number of hydrogen-bond acceptors (Lipinski definition) is 4. The molecule has 0 bridgehead atoms. The number of rotatable bonds is 4. The highest BCUT2D eigenvalue weighted by Gasteiger charge is 2.55. The van der Waals surface area contributed by atoms with Gasteiger partial charge in [-0.05, 0) is 52.9 Å². The van der Waals surface area contributed by atoms with Crippen molar-refractivity contribution >= 4 is 0 Å². The van der Waals surface area contributed by atoms with Gasteiger partial charge in [-0.2, -0.15) is 0 Å². The van der Waals surface area contributed by atoms with Crippen LogP contribution in [0.1, 0.15) is 66.7 Å². The first-order valence-corrected chi connectivity index (χ1v) is 8.37. The van der Waals surface area contributed by atoms with E-state index in [0.717, 1.165) is 19.3 Å². The van der Waals surface area contributed by atoms with Crippen molar-refractivity contribution < 1.29 is 9.47 Å². The van der Waals surface area contributed by atoms with E-state index in [9.17, 15) is 0 Å². The van der Waals surface area contributed by atoms with Crippen molar-refractivity contribution in [2.24, 2.45) is 17.7 Å². The molecule has 0 aromatic carbocycles. The van der Waals surface area contributed by atoms with Crippen LogP contribution in [0.5, 0.6) is 0 Å². The minimum Gasteiger partial charge on any atom is -0.377 e. The predicted octanol–water partition coefficient (Wildman–Crippen LogP) is 3.01. The molecule has 0 aromatic rings. The standard InChI is InChI=1S/C17H34N2O2/c1-12-8-7-9-17(10-12,20-6)14(19-18)13-11-15(2,3)21-16(13,4)5/h12-14,19H,7-11,18H2,1-6H3. The summed E-state index contributed by atoms with van der Waals surface area (Å²) in [7, 11) is 1.84. The summed E-state index contributed by atoms with van der Waals surface area (Å²) in [5, 5.41) is 0. The van der Waals surface area contributed by atoms with Crippen LogP contribution >= 0.6 is 0 Å². The predicted molar refractivity (Wildman–Crippen MR) is 85.8 cm³/mol. The Balaban J connectivity index is 2.29. The molecule has 0 radical (unpaired) electrons. The van der Waals surface area contributed by atoms with Crippen molar-refractivity contribution in [1.29, 1.82) is 0 Å². The quantitative estimate of drug-likeness (QED) is 0.619. The highest BCUT2D eigenvalue weighted by Crippen LogP contribution is 2.49. The Morgan fingerprint density at radius 1 is 1.24 bits per heavy atom. The van der Waals surface area contributed by atoms with E-state index in [-0.39, 0.29) is 22.8 Å². The lowest BCUT2D eigenvalue weighted by molar-refractivity contribution is -0.120. The van der Waals surface area contributed by atoms with Gasteiger partial charge in [-0.25, -0.2) is 0 Å². The minimum atomic E-state index is -0.188. The van der Waals surface area contributed by atoms with Crippen molar-refractivity contribution in [3.63, 3.8) is 0 Å². The molecular formula is C17H34N2O2. The summed E-state index contributed by atoms with van der Waals surface area (Å²) in [5.74, 6) is 7.05. The van der Waals surface area contributed by atoms with Crippen LogP contribution in [0.15, 0.2) is 0 Å². The first-order valence-electron chi connectivity index (χ1n) is 8.37. The van der Waals surface area contributed by atoms with Gasteiger partial charge in [0, 0.05) is 13.0 Å². The van der Waals surface area contributed by atoms with E-state index in [0.29, 0.717) is 11.8 Å². The smallest absolute Gasteiger partial charge is 0.0850 e. The zero-order valence-corrected chi connectivity index (χ0v) is 14.7. The first-order chi connectivity index (χ1) is 9.66. The normalized spacial score (nSPS) is 40.1. The van der Waals surface area contributed by atoms with Gasteiger partial charge in [0.1, 0.15) is 0 Å². The maximum Gasteiger partial charge on any atom is 0.0850 e. The van der Waals surface area contributed by atoms with Gasteiger partial charge in [-0.1, -0.05) is 19.8 Å². The van der Waals surface area contributed by atoms with Gasteiger partial charge in [0.2, 0.25) is 0 Å². The third kappa shape index (κ3) is 3.29. The van der Waals surface area contributed by atoms with E-state index in [1.807, 2.05) is 7.11 Å². The largest absolute Gasteiger partial charge is 0.377 e. The van der Waals surface area contributed by atoms with Crippen molar-refractivity contribution in [3.05, 3.63) is 0 Å². The average molecular weight is 298 g/mol. The van der Waals surface area contributed by atoms with Crippen LogP contribution in [0.3, 0.4) is 0 Å². The van der Waals surface area contributed by atoms with E-state index in [4.69, 9.17) is 15.3 Å². The van der Waals surface area contributed by atoms with Crippen LogP contribution in [0.25, 0.3) is 0 Å². The van der Waals surface area contributed by atoms with Gasteiger partial charge in [0.15, 0.2) is 0 Å². The fourth-order valence-electron chi connectivity index (χ4n) is 4.90. The molecule has 4 heteroatoms. The third-order valence-electron chi connectivity index (χ3n) is 5.69. The Morgan fingerprint density at radius 3 is 2.33 bits per heavy atom. The lowest BCUT2D eigenvalue weighted by Crippen LogP contribution is -2.62. The number of nitrogens with two attached hydrogens (primary N) is 1. The Hall–Kier alpha value is -0.160. The second kappa shape index (κ2) is 5.80. The molecule has 3 N–H and O–H groups in total. The minimum absolute atomic E-state index is 0.0987. The van der Waals surface area contributed by atoms with Gasteiger partial charge in [0.05, 0.1) is 22.8 Å². The Morgan fingerprint density at radius 2 is 1.90 bits per heavy atom. The number of ether oxygens (including phenoxy) is 2. The molecular weight excluding hydrogens is 264 g/mol. The Bertz CT molecular complexity index is 370. The van der Waals surface area contributed by atoms with Crippen LogP contribution in [-0.4, -0.2) is 30.0 Å². The summed E-state index contributed by atoms with van der Waals surface area (Å²) >= 11 is 0. The molecule has 124 valence electrons.